The minimum atomic E-state index is -0.491. The Morgan fingerprint density at radius 2 is 1.02 bits per heavy atom. The van der Waals surface area contributed by atoms with Gasteiger partial charge in [-0.05, 0) is 71.2 Å². The predicted molar refractivity (Wildman–Crippen MR) is 196 cm³/mol. The van der Waals surface area contributed by atoms with Gasteiger partial charge in [0.15, 0.2) is 0 Å². The molecular weight excluding hydrogens is 585 g/mol. The van der Waals surface area contributed by atoms with Gasteiger partial charge in [0.1, 0.15) is 0 Å². The van der Waals surface area contributed by atoms with Crippen LogP contribution in [0.15, 0.2) is 197 Å². The molecule has 0 spiro atoms. The maximum Gasteiger partial charge on any atom is 0.0868 e. The van der Waals surface area contributed by atoms with Crippen molar-refractivity contribution in [2.24, 2.45) is 9.98 Å². The molecule has 8 bridgehead atoms. The Balaban J connectivity index is 1.37. The van der Waals surface area contributed by atoms with Gasteiger partial charge in [-0.1, -0.05) is 127 Å². The van der Waals surface area contributed by atoms with Crippen LogP contribution < -0.4 is 16.0 Å². The molecule has 0 fully saturated rings. The zero-order valence-corrected chi connectivity index (χ0v) is 26.3. The average Bonchev–Trinajstić information content (AvgIpc) is 3.97. The van der Waals surface area contributed by atoms with Crippen LogP contribution in [0.4, 0.5) is 0 Å². The van der Waals surface area contributed by atoms with Gasteiger partial charge in [-0.25, -0.2) is 9.98 Å². The van der Waals surface area contributed by atoms with Crippen molar-refractivity contribution >= 4 is 28.1 Å². The number of allylic oxidation sites excluding steroid dienone is 5. The maximum absolute atomic E-state index is 5.39. The molecule has 1 aromatic heterocycles. The van der Waals surface area contributed by atoms with E-state index in [1.54, 1.807) is 0 Å². The van der Waals surface area contributed by atoms with Crippen molar-refractivity contribution in [1.82, 2.24) is 10.3 Å². The molecule has 1 unspecified atom stereocenters. The molecule has 5 heterocycles. The fourth-order valence-corrected chi connectivity index (χ4v) is 7.19. The lowest BCUT2D eigenvalue weighted by atomic mass is 9.87. The molecular formula is C44H32N4. The van der Waals surface area contributed by atoms with Crippen LogP contribution in [0.1, 0.15) is 28.7 Å². The van der Waals surface area contributed by atoms with Crippen molar-refractivity contribution in [3.05, 3.63) is 220 Å². The van der Waals surface area contributed by atoms with Crippen LogP contribution >= 0.6 is 0 Å². The molecule has 0 saturated heterocycles. The fraction of sp³-hybridized carbons (Fsp3) is 0.0455. The molecule has 0 aliphatic carbocycles. The number of aromatic amines is 1. The summed E-state index contributed by atoms with van der Waals surface area (Å²) in [5.41, 5.74) is 12.0. The summed E-state index contributed by atoms with van der Waals surface area (Å²) >= 11 is 0. The summed E-state index contributed by atoms with van der Waals surface area (Å²) in [4.78, 5) is 14.5. The van der Waals surface area contributed by atoms with E-state index in [0.29, 0.717) is 0 Å². The summed E-state index contributed by atoms with van der Waals surface area (Å²) < 4.78 is 0. The third kappa shape index (κ3) is 4.86. The first kappa shape index (κ1) is 28.0. The lowest BCUT2D eigenvalue weighted by Crippen LogP contribution is -2.36. The SMILES string of the molecule is C1=CC2=NC1=CC1(c3ccccc3)CC=C(N1)C(c1ccccc1)=C1C=CC(=N1)C(c1ccccc1)=c1ccc([nH]1)=C2c1ccccc1. The number of nitrogens with zero attached hydrogens (tertiary/aromatic N) is 2. The molecule has 4 aliphatic heterocycles. The van der Waals surface area contributed by atoms with Crippen molar-refractivity contribution in [3.8, 4) is 0 Å². The minimum absolute atomic E-state index is 0.491. The van der Waals surface area contributed by atoms with Gasteiger partial charge in [-0.3, -0.25) is 0 Å². The summed E-state index contributed by atoms with van der Waals surface area (Å²) in [6.45, 7) is 0. The van der Waals surface area contributed by atoms with Gasteiger partial charge >= 0.3 is 0 Å². The highest BCUT2D eigenvalue weighted by Crippen LogP contribution is 2.41. The third-order valence-electron chi connectivity index (χ3n) is 9.42. The zero-order valence-electron chi connectivity index (χ0n) is 26.3. The van der Waals surface area contributed by atoms with Crippen LogP contribution in [0.5, 0.6) is 0 Å². The highest BCUT2D eigenvalue weighted by molar-refractivity contribution is 6.31. The van der Waals surface area contributed by atoms with Gasteiger partial charge in [0.25, 0.3) is 0 Å². The fourth-order valence-electron chi connectivity index (χ4n) is 7.19. The molecule has 0 saturated carbocycles. The Labute approximate surface area is 279 Å². The Bertz CT molecular complexity index is 2400. The highest BCUT2D eigenvalue weighted by atomic mass is 15.0. The Kier molecular flexibility index (Phi) is 6.72. The van der Waals surface area contributed by atoms with E-state index in [4.69, 9.17) is 9.98 Å². The molecule has 4 aliphatic rings. The van der Waals surface area contributed by atoms with Crippen LogP contribution in [0, 0.1) is 0 Å². The lowest BCUT2D eigenvalue weighted by molar-refractivity contribution is 0.505. The van der Waals surface area contributed by atoms with Crippen LogP contribution in [-0.4, -0.2) is 16.4 Å². The number of aromatic nitrogens is 1. The quantitative estimate of drug-likeness (QED) is 0.216. The number of hydrogen-bond donors (Lipinski definition) is 2. The first-order chi connectivity index (χ1) is 23.7. The number of fused-ring (bicyclic) bond motifs is 6. The smallest absolute Gasteiger partial charge is 0.0868 e. The van der Waals surface area contributed by atoms with Crippen molar-refractivity contribution in [3.63, 3.8) is 0 Å². The van der Waals surface area contributed by atoms with Gasteiger partial charge in [0.05, 0.1) is 28.4 Å². The summed E-state index contributed by atoms with van der Waals surface area (Å²) in [5.74, 6) is 0. The molecule has 0 radical (unpaired) electrons. The van der Waals surface area contributed by atoms with Gasteiger partial charge in [0.2, 0.25) is 0 Å². The zero-order chi connectivity index (χ0) is 31.9. The molecule has 5 aromatic rings. The summed E-state index contributed by atoms with van der Waals surface area (Å²) in [6, 6.07) is 46.7. The second-order valence-corrected chi connectivity index (χ2v) is 12.4. The molecule has 228 valence electrons. The van der Waals surface area contributed by atoms with Gasteiger partial charge < -0.3 is 10.3 Å². The molecule has 0 amide bonds. The van der Waals surface area contributed by atoms with Crippen LogP contribution in [0.3, 0.4) is 0 Å². The van der Waals surface area contributed by atoms with Crippen LogP contribution in [0.25, 0.3) is 16.7 Å². The molecule has 2 N–H and O–H groups in total. The molecule has 1 atom stereocenters. The van der Waals surface area contributed by atoms with Crippen LogP contribution in [0.2, 0.25) is 0 Å². The van der Waals surface area contributed by atoms with E-state index >= 15 is 0 Å². The molecule has 48 heavy (non-hydrogen) atoms. The molecule has 9 rings (SSSR count). The van der Waals surface area contributed by atoms with Gasteiger partial charge in [0, 0.05) is 33.1 Å². The van der Waals surface area contributed by atoms with Crippen molar-refractivity contribution in [2.75, 3.05) is 0 Å². The summed E-state index contributed by atoms with van der Waals surface area (Å²) in [6.07, 6.45) is 14.0. The van der Waals surface area contributed by atoms with E-state index in [1.165, 1.54) is 5.56 Å². The minimum Gasteiger partial charge on any atom is -0.371 e. The first-order valence-electron chi connectivity index (χ1n) is 16.4. The molecule has 4 aromatic carbocycles. The van der Waals surface area contributed by atoms with E-state index in [9.17, 15) is 0 Å². The van der Waals surface area contributed by atoms with Crippen LogP contribution in [-0.2, 0) is 5.54 Å². The normalized spacial score (nSPS) is 19.6. The second-order valence-electron chi connectivity index (χ2n) is 12.4. The number of aliphatic imine (C=N–C) groups is 2. The summed E-state index contributed by atoms with van der Waals surface area (Å²) in [5, 5.41) is 6.01. The second kappa shape index (κ2) is 11.5. The number of nitrogens with one attached hydrogen (secondary N) is 2. The lowest BCUT2D eigenvalue weighted by Gasteiger charge is -2.30. The standard InChI is InChI=1S/C44H32N4/c1-5-13-30(14-6-1)41-35-22-21-34(45-35)29-44(33-19-11-4-12-20-33)28-27-40(48-44)43(32-17-9-3-10-18-32)39-26-25-38(47-39)42(31-15-7-2-8-16-31)37-24-23-36(41)46-37/h1-27,29,46,48H,28H2. The summed E-state index contributed by atoms with van der Waals surface area (Å²) in [7, 11) is 0. The molecule has 4 heteroatoms. The van der Waals surface area contributed by atoms with E-state index in [2.05, 4.69) is 180 Å². The topological polar surface area (TPSA) is 52.5 Å². The average molecular weight is 617 g/mol. The number of rotatable bonds is 4. The van der Waals surface area contributed by atoms with Crippen molar-refractivity contribution in [1.29, 1.82) is 0 Å². The Hall–Kier alpha value is -6.26. The Morgan fingerprint density at radius 1 is 0.500 bits per heavy atom. The first-order valence-corrected chi connectivity index (χ1v) is 16.4. The maximum atomic E-state index is 5.39. The third-order valence-corrected chi connectivity index (χ3v) is 9.42. The van der Waals surface area contributed by atoms with E-state index in [0.717, 1.165) is 79.0 Å². The van der Waals surface area contributed by atoms with E-state index in [-0.39, 0.29) is 0 Å². The largest absolute Gasteiger partial charge is 0.371 e. The van der Waals surface area contributed by atoms with Crippen molar-refractivity contribution < 1.29 is 0 Å². The van der Waals surface area contributed by atoms with E-state index in [1.807, 2.05) is 0 Å². The molecule has 4 nitrogen and oxygen atoms in total. The predicted octanol–water partition coefficient (Wildman–Crippen LogP) is 7.52. The highest BCUT2D eigenvalue weighted by Gasteiger charge is 2.37. The number of hydrogen-bond acceptors (Lipinski definition) is 3. The number of H-pyrrole nitrogens is 1. The monoisotopic (exact) mass is 616 g/mol. The van der Waals surface area contributed by atoms with Gasteiger partial charge in [-0.2, -0.15) is 0 Å². The van der Waals surface area contributed by atoms with Crippen molar-refractivity contribution in [2.45, 2.75) is 12.0 Å². The number of benzene rings is 4. The Morgan fingerprint density at radius 3 is 1.62 bits per heavy atom. The van der Waals surface area contributed by atoms with E-state index < -0.39 is 5.54 Å². The van der Waals surface area contributed by atoms with Gasteiger partial charge in [-0.15, -0.1) is 0 Å².